The van der Waals surface area contributed by atoms with Gasteiger partial charge in [-0.1, -0.05) is 0 Å². The van der Waals surface area contributed by atoms with Gasteiger partial charge in [0.1, 0.15) is 0 Å². The zero-order valence-corrected chi connectivity index (χ0v) is 10.2. The van der Waals surface area contributed by atoms with E-state index >= 15 is 0 Å². The third-order valence-corrected chi connectivity index (χ3v) is 3.37. The van der Waals surface area contributed by atoms with Crippen molar-refractivity contribution in [3.05, 3.63) is 0 Å². The van der Waals surface area contributed by atoms with Gasteiger partial charge >= 0.3 is 0 Å². The summed E-state index contributed by atoms with van der Waals surface area (Å²) < 4.78 is 0. The van der Waals surface area contributed by atoms with Crippen LogP contribution in [0.5, 0.6) is 0 Å². The van der Waals surface area contributed by atoms with Gasteiger partial charge in [0.05, 0.1) is 5.84 Å². The van der Waals surface area contributed by atoms with E-state index in [9.17, 15) is 0 Å². The minimum atomic E-state index is 0.303. The lowest BCUT2D eigenvalue weighted by molar-refractivity contribution is 0.117. The Labute approximate surface area is 92.9 Å². The van der Waals surface area contributed by atoms with Crippen LogP contribution in [0.2, 0.25) is 0 Å². The highest BCUT2D eigenvalue weighted by atomic mass is 15.2. The normalized spacial score (nSPS) is 21.9. The highest BCUT2D eigenvalue weighted by Gasteiger charge is 2.23. The standard InChI is InChI=1S/C11H24N4/c1-9(8-11(12)13)15-6-4-10(5-7-15)14(2)3/h9-10H,4-8H2,1-3H3,(H3,12,13). The molecule has 1 saturated heterocycles. The first-order valence-corrected chi connectivity index (χ1v) is 5.74. The molecule has 1 aliphatic heterocycles. The number of nitrogens with one attached hydrogen (secondary N) is 1. The molecule has 88 valence electrons. The smallest absolute Gasteiger partial charge is 0.0920 e. The van der Waals surface area contributed by atoms with E-state index in [2.05, 4.69) is 30.8 Å². The van der Waals surface area contributed by atoms with Gasteiger partial charge in [-0.05, 0) is 47.0 Å². The fourth-order valence-corrected chi connectivity index (χ4v) is 2.29. The molecule has 1 fully saturated rings. The largest absolute Gasteiger partial charge is 0.388 e. The van der Waals surface area contributed by atoms with Crippen LogP contribution in [0.4, 0.5) is 0 Å². The van der Waals surface area contributed by atoms with Crippen LogP contribution in [-0.2, 0) is 0 Å². The summed E-state index contributed by atoms with van der Waals surface area (Å²) in [6.45, 7) is 4.44. The Morgan fingerprint density at radius 2 is 2.00 bits per heavy atom. The van der Waals surface area contributed by atoms with Gasteiger partial charge in [0.15, 0.2) is 0 Å². The molecular formula is C11H24N4. The van der Waals surface area contributed by atoms with E-state index in [1.165, 1.54) is 12.8 Å². The Morgan fingerprint density at radius 1 is 1.47 bits per heavy atom. The summed E-state index contributed by atoms with van der Waals surface area (Å²) in [4.78, 5) is 4.76. The number of piperidine rings is 1. The van der Waals surface area contributed by atoms with Crippen LogP contribution in [0.25, 0.3) is 0 Å². The molecule has 0 aromatic carbocycles. The maximum atomic E-state index is 7.29. The van der Waals surface area contributed by atoms with Crippen molar-refractivity contribution in [1.29, 1.82) is 5.41 Å². The van der Waals surface area contributed by atoms with Crippen LogP contribution in [0.1, 0.15) is 26.2 Å². The van der Waals surface area contributed by atoms with E-state index in [1.54, 1.807) is 0 Å². The van der Waals surface area contributed by atoms with Gasteiger partial charge in [0.25, 0.3) is 0 Å². The fourth-order valence-electron chi connectivity index (χ4n) is 2.29. The minimum absolute atomic E-state index is 0.303. The number of amidine groups is 1. The van der Waals surface area contributed by atoms with Crippen molar-refractivity contribution in [2.75, 3.05) is 27.2 Å². The Kier molecular flexibility index (Phi) is 4.54. The predicted octanol–water partition coefficient (Wildman–Crippen LogP) is 0.727. The van der Waals surface area contributed by atoms with Crippen molar-refractivity contribution in [3.8, 4) is 0 Å². The minimum Gasteiger partial charge on any atom is -0.388 e. The quantitative estimate of drug-likeness (QED) is 0.533. The van der Waals surface area contributed by atoms with Crippen molar-refractivity contribution in [3.63, 3.8) is 0 Å². The van der Waals surface area contributed by atoms with Crippen LogP contribution in [-0.4, -0.2) is 54.9 Å². The predicted molar refractivity (Wildman–Crippen MR) is 64.3 cm³/mol. The van der Waals surface area contributed by atoms with Crippen LogP contribution in [0.15, 0.2) is 0 Å². The van der Waals surface area contributed by atoms with Gasteiger partial charge in [0, 0.05) is 18.5 Å². The average Bonchev–Trinajstić information content (AvgIpc) is 2.17. The Balaban J connectivity index is 2.33. The molecule has 1 heterocycles. The number of rotatable bonds is 4. The summed E-state index contributed by atoms with van der Waals surface area (Å²) in [6.07, 6.45) is 3.16. The summed E-state index contributed by atoms with van der Waals surface area (Å²) in [6, 6.07) is 1.15. The third-order valence-electron chi connectivity index (χ3n) is 3.37. The molecule has 0 aromatic heterocycles. The van der Waals surface area contributed by atoms with E-state index in [-0.39, 0.29) is 0 Å². The molecule has 0 radical (unpaired) electrons. The summed E-state index contributed by atoms with van der Waals surface area (Å²) >= 11 is 0. The molecule has 1 atom stereocenters. The molecule has 0 amide bonds. The van der Waals surface area contributed by atoms with Gasteiger partial charge in [-0.2, -0.15) is 0 Å². The van der Waals surface area contributed by atoms with Crippen molar-refractivity contribution in [2.45, 2.75) is 38.3 Å². The maximum absolute atomic E-state index is 7.29. The third kappa shape index (κ3) is 3.80. The first-order chi connectivity index (χ1) is 7.00. The van der Waals surface area contributed by atoms with Gasteiger partial charge in [-0.3, -0.25) is 5.41 Å². The lowest BCUT2D eigenvalue weighted by atomic mass is 10.0. The Morgan fingerprint density at radius 3 is 2.40 bits per heavy atom. The monoisotopic (exact) mass is 212 g/mol. The number of hydrogen-bond acceptors (Lipinski definition) is 3. The molecule has 3 N–H and O–H groups in total. The van der Waals surface area contributed by atoms with E-state index in [4.69, 9.17) is 11.1 Å². The van der Waals surface area contributed by atoms with Crippen LogP contribution < -0.4 is 5.73 Å². The van der Waals surface area contributed by atoms with Crippen molar-refractivity contribution >= 4 is 5.84 Å². The second kappa shape index (κ2) is 5.47. The van der Waals surface area contributed by atoms with E-state index < -0.39 is 0 Å². The zero-order chi connectivity index (χ0) is 11.4. The lowest BCUT2D eigenvalue weighted by Gasteiger charge is -2.38. The van der Waals surface area contributed by atoms with E-state index in [1.807, 2.05) is 0 Å². The topological polar surface area (TPSA) is 56.4 Å². The van der Waals surface area contributed by atoms with Crippen LogP contribution in [0, 0.1) is 5.41 Å². The molecule has 1 unspecified atom stereocenters. The van der Waals surface area contributed by atoms with Gasteiger partial charge < -0.3 is 15.5 Å². The molecule has 0 saturated carbocycles. The summed E-state index contributed by atoms with van der Waals surface area (Å²) in [7, 11) is 4.30. The molecule has 15 heavy (non-hydrogen) atoms. The first-order valence-electron chi connectivity index (χ1n) is 5.74. The molecule has 0 bridgehead atoms. The number of nitrogens with two attached hydrogens (primary N) is 1. The molecule has 0 aromatic rings. The lowest BCUT2D eigenvalue weighted by Crippen LogP contribution is -2.46. The number of likely N-dealkylation sites (tertiary alicyclic amines) is 1. The molecule has 4 nitrogen and oxygen atoms in total. The molecule has 0 aliphatic carbocycles. The first kappa shape index (κ1) is 12.5. The molecule has 1 rings (SSSR count). The van der Waals surface area contributed by atoms with Gasteiger partial charge in [-0.15, -0.1) is 0 Å². The van der Waals surface area contributed by atoms with Crippen LogP contribution in [0.3, 0.4) is 0 Å². The van der Waals surface area contributed by atoms with Crippen molar-refractivity contribution in [1.82, 2.24) is 9.80 Å². The summed E-state index contributed by atoms with van der Waals surface area (Å²) in [5, 5.41) is 7.29. The number of hydrogen-bond donors (Lipinski definition) is 2. The molecular weight excluding hydrogens is 188 g/mol. The fraction of sp³-hybridized carbons (Fsp3) is 0.909. The highest BCUT2D eigenvalue weighted by Crippen LogP contribution is 2.17. The molecule has 0 spiro atoms. The molecule has 1 aliphatic rings. The molecule has 4 heteroatoms. The van der Waals surface area contributed by atoms with E-state index in [0.29, 0.717) is 18.3 Å². The van der Waals surface area contributed by atoms with Crippen molar-refractivity contribution in [2.24, 2.45) is 5.73 Å². The second-order valence-corrected chi connectivity index (χ2v) is 4.81. The number of nitrogens with zero attached hydrogens (tertiary/aromatic N) is 2. The summed E-state index contributed by atoms with van der Waals surface area (Å²) in [5.41, 5.74) is 5.42. The average molecular weight is 212 g/mol. The second-order valence-electron chi connectivity index (χ2n) is 4.81. The van der Waals surface area contributed by atoms with Gasteiger partial charge in [-0.25, -0.2) is 0 Å². The van der Waals surface area contributed by atoms with Crippen LogP contribution >= 0.6 is 0 Å². The summed E-state index contributed by atoms with van der Waals surface area (Å²) in [5.74, 6) is 0.303. The van der Waals surface area contributed by atoms with Crippen molar-refractivity contribution < 1.29 is 0 Å². The van der Waals surface area contributed by atoms with E-state index in [0.717, 1.165) is 19.1 Å². The SMILES string of the molecule is CC(CC(=N)N)N1CCC(N(C)C)CC1. The zero-order valence-electron chi connectivity index (χ0n) is 10.2. The Bertz CT molecular complexity index is 207. The van der Waals surface area contributed by atoms with Gasteiger partial charge in [0.2, 0.25) is 0 Å². The highest BCUT2D eigenvalue weighted by molar-refractivity contribution is 5.77. The Hall–Kier alpha value is -0.610. The maximum Gasteiger partial charge on any atom is 0.0920 e.